The molecule has 0 amide bonds. The van der Waals surface area contributed by atoms with Gasteiger partial charge >= 0.3 is 5.97 Å². The molecule has 1 aliphatic heterocycles. The number of carboxylic acid groups (broad SMARTS) is 1. The van der Waals surface area contributed by atoms with Crippen molar-refractivity contribution >= 4 is 22.4 Å². The van der Waals surface area contributed by atoms with Gasteiger partial charge in [0.15, 0.2) is 5.13 Å². The van der Waals surface area contributed by atoms with E-state index in [2.05, 4.69) is 22.2 Å². The maximum absolute atomic E-state index is 10.9. The predicted molar refractivity (Wildman–Crippen MR) is 68.0 cm³/mol. The van der Waals surface area contributed by atoms with Crippen LogP contribution in [0.5, 0.6) is 0 Å². The van der Waals surface area contributed by atoms with E-state index in [0.717, 1.165) is 13.1 Å². The number of nitrogens with zero attached hydrogens (tertiary/aromatic N) is 2. The van der Waals surface area contributed by atoms with Gasteiger partial charge in [0.25, 0.3) is 0 Å². The van der Waals surface area contributed by atoms with Crippen molar-refractivity contribution in [1.29, 1.82) is 0 Å². The first-order valence-electron chi connectivity index (χ1n) is 5.72. The van der Waals surface area contributed by atoms with Crippen molar-refractivity contribution < 1.29 is 9.90 Å². The molecule has 2 N–H and O–H groups in total. The number of likely N-dealkylation sites (N-methyl/N-ethyl adjacent to an activating group) is 1. The van der Waals surface area contributed by atoms with Gasteiger partial charge in [-0.2, -0.15) is 0 Å². The van der Waals surface area contributed by atoms with Gasteiger partial charge in [0.05, 0.1) is 5.69 Å². The topological polar surface area (TPSA) is 65.5 Å². The standard InChI is InChI=1S/C11H17N3O2S/c1-7-9(10(15)16)17-11(13-7)12-6-8-4-3-5-14(8)2/h8H,3-6H2,1-2H3,(H,12,13)(H,15,16). The van der Waals surface area contributed by atoms with E-state index in [9.17, 15) is 4.79 Å². The van der Waals surface area contributed by atoms with Gasteiger partial charge in [0.1, 0.15) is 4.88 Å². The highest BCUT2D eigenvalue weighted by Gasteiger charge is 2.21. The highest BCUT2D eigenvalue weighted by atomic mass is 32.1. The molecule has 17 heavy (non-hydrogen) atoms. The Labute approximate surface area is 104 Å². The van der Waals surface area contributed by atoms with E-state index in [0.29, 0.717) is 21.7 Å². The van der Waals surface area contributed by atoms with Crippen LogP contribution in [-0.4, -0.2) is 47.1 Å². The number of likely N-dealkylation sites (tertiary alicyclic amines) is 1. The summed E-state index contributed by atoms with van der Waals surface area (Å²) in [6.07, 6.45) is 2.43. The Bertz CT molecular complexity index is 419. The molecule has 1 aromatic heterocycles. The monoisotopic (exact) mass is 255 g/mol. The molecule has 6 heteroatoms. The maximum atomic E-state index is 10.9. The van der Waals surface area contributed by atoms with Crippen molar-refractivity contribution in [3.63, 3.8) is 0 Å². The molecule has 0 spiro atoms. The van der Waals surface area contributed by atoms with Gasteiger partial charge < -0.3 is 15.3 Å². The minimum atomic E-state index is -0.897. The molecular weight excluding hydrogens is 238 g/mol. The van der Waals surface area contributed by atoms with Crippen LogP contribution in [0.25, 0.3) is 0 Å². The zero-order valence-corrected chi connectivity index (χ0v) is 10.9. The lowest BCUT2D eigenvalue weighted by atomic mass is 10.2. The molecule has 1 unspecified atom stereocenters. The van der Waals surface area contributed by atoms with Gasteiger partial charge in [-0.1, -0.05) is 11.3 Å². The third-order valence-electron chi connectivity index (χ3n) is 3.15. The van der Waals surface area contributed by atoms with E-state index in [1.54, 1.807) is 6.92 Å². The summed E-state index contributed by atoms with van der Waals surface area (Å²) < 4.78 is 0. The van der Waals surface area contributed by atoms with Crippen molar-refractivity contribution in [2.24, 2.45) is 0 Å². The highest BCUT2D eigenvalue weighted by molar-refractivity contribution is 7.17. The zero-order valence-electron chi connectivity index (χ0n) is 10.1. The molecule has 94 valence electrons. The molecule has 1 atom stereocenters. The van der Waals surface area contributed by atoms with Crippen molar-refractivity contribution in [3.8, 4) is 0 Å². The Morgan fingerprint density at radius 2 is 2.47 bits per heavy atom. The van der Waals surface area contributed by atoms with Crippen molar-refractivity contribution in [1.82, 2.24) is 9.88 Å². The number of carbonyl (C=O) groups is 1. The molecule has 2 heterocycles. The summed E-state index contributed by atoms with van der Waals surface area (Å²) in [5.74, 6) is -0.897. The second-order valence-corrected chi connectivity index (χ2v) is 5.40. The molecule has 0 bridgehead atoms. The lowest BCUT2D eigenvalue weighted by Gasteiger charge is -2.19. The second-order valence-electron chi connectivity index (χ2n) is 4.40. The average molecular weight is 255 g/mol. The molecule has 0 saturated carbocycles. The molecular formula is C11H17N3O2S. The minimum absolute atomic E-state index is 0.326. The summed E-state index contributed by atoms with van der Waals surface area (Å²) in [6.45, 7) is 3.71. The first kappa shape index (κ1) is 12.3. The number of rotatable bonds is 4. The largest absolute Gasteiger partial charge is 0.477 e. The summed E-state index contributed by atoms with van der Waals surface area (Å²) >= 11 is 1.21. The third kappa shape index (κ3) is 2.76. The van der Waals surface area contributed by atoms with Gasteiger partial charge in [0.2, 0.25) is 0 Å². The van der Waals surface area contributed by atoms with Crippen LogP contribution in [0.1, 0.15) is 28.2 Å². The Morgan fingerprint density at radius 1 is 1.71 bits per heavy atom. The molecule has 0 radical (unpaired) electrons. The fraction of sp³-hybridized carbons (Fsp3) is 0.636. The van der Waals surface area contributed by atoms with Crippen LogP contribution in [0.4, 0.5) is 5.13 Å². The SMILES string of the molecule is Cc1nc(NCC2CCCN2C)sc1C(=O)O. The molecule has 0 aromatic carbocycles. The summed E-state index contributed by atoms with van der Waals surface area (Å²) in [5, 5.41) is 12.9. The number of hydrogen-bond donors (Lipinski definition) is 2. The van der Waals surface area contributed by atoms with Gasteiger partial charge in [-0.05, 0) is 33.4 Å². The molecule has 1 fully saturated rings. The van der Waals surface area contributed by atoms with Gasteiger partial charge in [-0.25, -0.2) is 9.78 Å². The van der Waals surface area contributed by atoms with Crippen LogP contribution in [0.15, 0.2) is 0 Å². The van der Waals surface area contributed by atoms with E-state index in [1.807, 2.05) is 0 Å². The summed E-state index contributed by atoms with van der Waals surface area (Å²) in [5.41, 5.74) is 0.588. The van der Waals surface area contributed by atoms with E-state index in [-0.39, 0.29) is 0 Å². The number of carboxylic acids is 1. The number of aromatic nitrogens is 1. The number of anilines is 1. The van der Waals surface area contributed by atoms with E-state index < -0.39 is 5.97 Å². The highest BCUT2D eigenvalue weighted by Crippen LogP contribution is 2.23. The lowest BCUT2D eigenvalue weighted by Crippen LogP contribution is -2.31. The molecule has 1 aromatic rings. The maximum Gasteiger partial charge on any atom is 0.347 e. The van der Waals surface area contributed by atoms with Crippen molar-refractivity contribution in [3.05, 3.63) is 10.6 Å². The average Bonchev–Trinajstić information content (AvgIpc) is 2.82. The number of aromatic carboxylic acids is 1. The van der Waals surface area contributed by atoms with E-state index >= 15 is 0 Å². The molecule has 5 nitrogen and oxygen atoms in total. The molecule has 1 aliphatic rings. The number of hydrogen-bond acceptors (Lipinski definition) is 5. The van der Waals surface area contributed by atoms with Crippen molar-refractivity contribution in [2.75, 3.05) is 25.5 Å². The zero-order chi connectivity index (χ0) is 12.4. The van der Waals surface area contributed by atoms with Crippen LogP contribution < -0.4 is 5.32 Å². The van der Waals surface area contributed by atoms with Crippen molar-refractivity contribution in [2.45, 2.75) is 25.8 Å². The fourth-order valence-electron chi connectivity index (χ4n) is 2.11. The quantitative estimate of drug-likeness (QED) is 0.856. The summed E-state index contributed by atoms with van der Waals surface area (Å²) in [4.78, 5) is 17.8. The third-order valence-corrected chi connectivity index (χ3v) is 4.25. The van der Waals surface area contributed by atoms with Crippen LogP contribution in [0.3, 0.4) is 0 Å². The van der Waals surface area contributed by atoms with Gasteiger partial charge in [0, 0.05) is 12.6 Å². The van der Waals surface area contributed by atoms with E-state index in [4.69, 9.17) is 5.11 Å². The first-order valence-corrected chi connectivity index (χ1v) is 6.54. The lowest BCUT2D eigenvalue weighted by molar-refractivity contribution is 0.0701. The summed E-state index contributed by atoms with van der Waals surface area (Å²) in [7, 11) is 2.12. The predicted octanol–water partition coefficient (Wildman–Crippen LogP) is 1.66. The van der Waals surface area contributed by atoms with Gasteiger partial charge in [-0.15, -0.1) is 0 Å². The molecule has 0 aliphatic carbocycles. The Balaban J connectivity index is 1.95. The Morgan fingerprint density at radius 3 is 3.00 bits per heavy atom. The Kier molecular flexibility index (Phi) is 3.63. The van der Waals surface area contributed by atoms with Crippen LogP contribution in [-0.2, 0) is 0 Å². The Hall–Kier alpha value is -1.14. The normalized spacial score (nSPS) is 20.7. The van der Waals surface area contributed by atoms with Crippen LogP contribution in [0, 0.1) is 6.92 Å². The van der Waals surface area contributed by atoms with Crippen LogP contribution >= 0.6 is 11.3 Å². The first-order chi connectivity index (χ1) is 8.08. The number of aryl methyl sites for hydroxylation is 1. The second kappa shape index (κ2) is 5.01. The summed E-state index contributed by atoms with van der Waals surface area (Å²) in [6, 6.07) is 0.535. The number of nitrogens with one attached hydrogen (secondary N) is 1. The van der Waals surface area contributed by atoms with Gasteiger partial charge in [-0.3, -0.25) is 0 Å². The van der Waals surface area contributed by atoms with E-state index in [1.165, 1.54) is 24.2 Å². The smallest absolute Gasteiger partial charge is 0.347 e. The molecule has 2 rings (SSSR count). The molecule has 1 saturated heterocycles. The minimum Gasteiger partial charge on any atom is -0.477 e. The van der Waals surface area contributed by atoms with Crippen LogP contribution in [0.2, 0.25) is 0 Å². The fourth-order valence-corrected chi connectivity index (χ4v) is 2.92. The number of thiazole rings is 1.